The Kier molecular flexibility index (Phi) is 4.83. The molecular formula is C16H17ClN2O4. The number of rotatable bonds is 5. The third-order valence-corrected chi connectivity index (χ3v) is 3.97. The zero-order valence-corrected chi connectivity index (χ0v) is 13.4. The van der Waals surface area contributed by atoms with Gasteiger partial charge in [-0.2, -0.15) is 0 Å². The van der Waals surface area contributed by atoms with Gasteiger partial charge in [0.15, 0.2) is 5.56 Å². The van der Waals surface area contributed by atoms with Crippen molar-refractivity contribution in [1.29, 1.82) is 0 Å². The molecule has 2 aromatic rings. The number of nitrogens with one attached hydrogen (secondary N) is 1. The van der Waals surface area contributed by atoms with E-state index in [1.807, 2.05) is 0 Å². The number of nitrogens with zero attached hydrogens (tertiary/aromatic N) is 1. The summed E-state index contributed by atoms with van der Waals surface area (Å²) in [5.41, 5.74) is 1.42. The molecule has 0 spiro atoms. The largest absolute Gasteiger partial charge is 0.465 e. The number of aromatic nitrogens is 1. The van der Waals surface area contributed by atoms with E-state index < -0.39 is 5.97 Å². The van der Waals surface area contributed by atoms with E-state index in [-0.39, 0.29) is 17.6 Å². The number of hydrogen-bond donors (Lipinski definition) is 1. The third kappa shape index (κ3) is 3.48. The summed E-state index contributed by atoms with van der Waals surface area (Å²) in [5.74, 6) is -0.219. The molecule has 2 heterocycles. The Morgan fingerprint density at radius 3 is 2.87 bits per heavy atom. The molecule has 0 radical (unpaired) electrons. The topological polar surface area (TPSA) is 73.6 Å². The van der Waals surface area contributed by atoms with Crippen LogP contribution in [-0.2, 0) is 9.47 Å². The van der Waals surface area contributed by atoms with E-state index in [1.165, 1.54) is 7.11 Å². The second-order valence-corrected chi connectivity index (χ2v) is 5.69. The Labute approximate surface area is 138 Å². The molecule has 0 bridgehead atoms. The number of anilines is 1. The summed E-state index contributed by atoms with van der Waals surface area (Å²) in [6, 6.07) is 7.01. The third-order valence-electron chi connectivity index (χ3n) is 3.71. The Hall–Kier alpha value is -2.05. The summed E-state index contributed by atoms with van der Waals surface area (Å²) < 4.78 is 15.7. The van der Waals surface area contributed by atoms with Gasteiger partial charge < -0.3 is 19.3 Å². The number of carbonyl (C=O) groups is 1. The van der Waals surface area contributed by atoms with Crippen LogP contribution in [0.15, 0.2) is 28.8 Å². The molecule has 1 aliphatic heterocycles. The summed E-state index contributed by atoms with van der Waals surface area (Å²) in [6.07, 6.45) is 2.14. The zero-order valence-electron chi connectivity index (χ0n) is 12.7. The summed E-state index contributed by atoms with van der Waals surface area (Å²) in [7, 11) is 1.32. The Morgan fingerprint density at radius 2 is 2.22 bits per heavy atom. The first-order valence-electron chi connectivity index (χ1n) is 7.38. The molecule has 122 valence electrons. The molecule has 0 aliphatic carbocycles. The van der Waals surface area contributed by atoms with Gasteiger partial charge in [-0.3, -0.25) is 0 Å². The van der Waals surface area contributed by atoms with Crippen molar-refractivity contribution in [3.63, 3.8) is 0 Å². The average Bonchev–Trinajstić information content (AvgIpc) is 3.22. The van der Waals surface area contributed by atoms with Crippen LogP contribution in [0.5, 0.6) is 0 Å². The quantitative estimate of drug-likeness (QED) is 0.844. The minimum Gasteiger partial charge on any atom is -0.465 e. The van der Waals surface area contributed by atoms with Gasteiger partial charge in [-0.05, 0) is 25.0 Å². The van der Waals surface area contributed by atoms with Crippen LogP contribution < -0.4 is 5.32 Å². The first-order valence-corrected chi connectivity index (χ1v) is 7.76. The standard InChI is InChI=1S/C16H17ClN2O4/c1-21-16(20)13-14(10-4-6-11(17)7-5-10)19-23-15(13)18-9-12-3-2-8-22-12/h4-7,12,18H,2-3,8-9H2,1H3. The number of esters is 1. The molecule has 1 aliphatic rings. The first kappa shape index (κ1) is 15.8. The van der Waals surface area contributed by atoms with Crippen LogP contribution in [0.3, 0.4) is 0 Å². The summed E-state index contributed by atoms with van der Waals surface area (Å²) in [6.45, 7) is 1.32. The van der Waals surface area contributed by atoms with E-state index in [1.54, 1.807) is 24.3 Å². The Balaban J connectivity index is 1.87. The molecule has 1 atom stereocenters. The number of ether oxygens (including phenoxy) is 2. The molecule has 6 nitrogen and oxygen atoms in total. The second-order valence-electron chi connectivity index (χ2n) is 5.25. The highest BCUT2D eigenvalue weighted by molar-refractivity contribution is 6.30. The number of hydrogen-bond acceptors (Lipinski definition) is 6. The van der Waals surface area contributed by atoms with E-state index in [4.69, 9.17) is 25.6 Å². The van der Waals surface area contributed by atoms with Crippen molar-refractivity contribution >= 4 is 23.5 Å². The van der Waals surface area contributed by atoms with E-state index in [9.17, 15) is 4.79 Å². The van der Waals surface area contributed by atoms with Gasteiger partial charge in [0.2, 0.25) is 5.88 Å². The van der Waals surface area contributed by atoms with Crippen LogP contribution >= 0.6 is 11.6 Å². The smallest absolute Gasteiger partial charge is 0.345 e. The van der Waals surface area contributed by atoms with Crippen LogP contribution in [0, 0.1) is 0 Å². The second kappa shape index (κ2) is 7.02. The van der Waals surface area contributed by atoms with Crippen molar-refractivity contribution in [1.82, 2.24) is 5.16 Å². The van der Waals surface area contributed by atoms with Gasteiger partial charge in [0.25, 0.3) is 0 Å². The zero-order chi connectivity index (χ0) is 16.2. The number of halogens is 1. The van der Waals surface area contributed by atoms with Gasteiger partial charge in [-0.25, -0.2) is 4.79 Å². The summed E-state index contributed by atoms with van der Waals surface area (Å²) >= 11 is 5.89. The van der Waals surface area contributed by atoms with Gasteiger partial charge in [-0.15, -0.1) is 0 Å². The molecule has 1 saturated heterocycles. The lowest BCUT2D eigenvalue weighted by atomic mass is 10.1. The van der Waals surface area contributed by atoms with Crippen LogP contribution in [-0.4, -0.2) is 37.5 Å². The normalized spacial score (nSPS) is 17.2. The highest BCUT2D eigenvalue weighted by atomic mass is 35.5. The highest BCUT2D eigenvalue weighted by Gasteiger charge is 2.26. The van der Waals surface area contributed by atoms with Crippen molar-refractivity contribution < 1.29 is 18.8 Å². The van der Waals surface area contributed by atoms with Crippen LogP contribution in [0.1, 0.15) is 23.2 Å². The fourth-order valence-corrected chi connectivity index (χ4v) is 2.64. The van der Waals surface area contributed by atoms with Gasteiger partial charge in [0.05, 0.1) is 13.2 Å². The maximum Gasteiger partial charge on any atom is 0.345 e. The molecule has 23 heavy (non-hydrogen) atoms. The lowest BCUT2D eigenvalue weighted by Gasteiger charge is -2.10. The minimum atomic E-state index is -0.508. The highest BCUT2D eigenvalue weighted by Crippen LogP contribution is 2.30. The molecule has 1 aromatic heterocycles. The minimum absolute atomic E-state index is 0.115. The monoisotopic (exact) mass is 336 g/mol. The average molecular weight is 337 g/mol. The predicted molar refractivity (Wildman–Crippen MR) is 85.8 cm³/mol. The van der Waals surface area contributed by atoms with Gasteiger partial charge in [-0.1, -0.05) is 28.9 Å². The molecule has 1 N–H and O–H groups in total. The van der Waals surface area contributed by atoms with E-state index in [2.05, 4.69) is 10.5 Å². The van der Waals surface area contributed by atoms with Gasteiger partial charge in [0, 0.05) is 23.7 Å². The van der Waals surface area contributed by atoms with E-state index >= 15 is 0 Å². The Morgan fingerprint density at radius 1 is 1.43 bits per heavy atom. The first-order chi connectivity index (χ1) is 11.2. The van der Waals surface area contributed by atoms with Crippen LogP contribution in [0.2, 0.25) is 5.02 Å². The van der Waals surface area contributed by atoms with Gasteiger partial charge in [0.1, 0.15) is 5.69 Å². The molecule has 0 amide bonds. The number of methoxy groups -OCH3 is 1. The van der Waals surface area contributed by atoms with Crippen molar-refractivity contribution in [3.05, 3.63) is 34.9 Å². The lowest BCUT2D eigenvalue weighted by Crippen LogP contribution is -2.19. The van der Waals surface area contributed by atoms with Crippen molar-refractivity contribution in [2.45, 2.75) is 18.9 Å². The molecule has 7 heteroatoms. The molecule has 1 unspecified atom stereocenters. The number of carbonyl (C=O) groups excluding carboxylic acids is 1. The van der Waals surface area contributed by atoms with Crippen LogP contribution in [0.25, 0.3) is 11.3 Å². The summed E-state index contributed by atoms with van der Waals surface area (Å²) in [4.78, 5) is 12.1. The van der Waals surface area contributed by atoms with Crippen molar-refractivity contribution in [2.24, 2.45) is 0 Å². The molecule has 1 aromatic carbocycles. The SMILES string of the molecule is COC(=O)c1c(-c2ccc(Cl)cc2)noc1NCC1CCCO1. The fourth-order valence-electron chi connectivity index (χ4n) is 2.52. The van der Waals surface area contributed by atoms with E-state index in [0.29, 0.717) is 17.3 Å². The molecular weight excluding hydrogens is 320 g/mol. The van der Waals surface area contributed by atoms with Gasteiger partial charge >= 0.3 is 5.97 Å². The molecule has 3 rings (SSSR count). The van der Waals surface area contributed by atoms with E-state index in [0.717, 1.165) is 25.0 Å². The van der Waals surface area contributed by atoms with Crippen LogP contribution in [0.4, 0.5) is 5.88 Å². The summed E-state index contributed by atoms with van der Waals surface area (Å²) in [5, 5.41) is 7.70. The molecule has 0 saturated carbocycles. The van der Waals surface area contributed by atoms with Crippen molar-refractivity contribution in [2.75, 3.05) is 25.6 Å². The Bertz CT molecular complexity index is 678. The lowest BCUT2D eigenvalue weighted by molar-refractivity contribution is 0.0601. The maximum absolute atomic E-state index is 12.1. The fraction of sp³-hybridized carbons (Fsp3) is 0.375. The molecule has 1 fully saturated rings. The predicted octanol–water partition coefficient (Wildman–Crippen LogP) is 3.37. The number of benzene rings is 1. The van der Waals surface area contributed by atoms with Crippen molar-refractivity contribution in [3.8, 4) is 11.3 Å². The maximum atomic E-state index is 12.1.